The predicted molar refractivity (Wildman–Crippen MR) is 114 cm³/mol. The van der Waals surface area contributed by atoms with E-state index in [9.17, 15) is 14.4 Å². The fourth-order valence-corrected chi connectivity index (χ4v) is 3.54. The first kappa shape index (κ1) is 22.4. The van der Waals surface area contributed by atoms with E-state index in [1.807, 2.05) is 27.7 Å². The number of anilines is 1. The number of hydrogen-bond acceptors (Lipinski definition) is 7. The molecule has 1 aliphatic heterocycles. The van der Waals surface area contributed by atoms with Gasteiger partial charge in [0.1, 0.15) is 5.60 Å². The molecule has 1 saturated heterocycles. The molecule has 0 spiro atoms. The Morgan fingerprint density at radius 1 is 1.29 bits per heavy atom. The molecule has 168 valence electrons. The van der Waals surface area contributed by atoms with Crippen molar-refractivity contribution < 1.29 is 23.9 Å². The highest BCUT2D eigenvalue weighted by molar-refractivity contribution is 6.03. The molecule has 2 atom stereocenters. The Kier molecular flexibility index (Phi) is 6.10. The van der Waals surface area contributed by atoms with Crippen LogP contribution in [0, 0.1) is 5.92 Å². The van der Waals surface area contributed by atoms with E-state index >= 15 is 0 Å². The minimum Gasteiger partial charge on any atom is -0.462 e. The number of likely N-dealkylation sites (tertiary alicyclic amines) is 1. The standard InChI is InChI=1S/C21H29N5O5/c1-6-30-19(28)13-7-16-17(14(18(22)27)8-23-26(16)10-13)24-15-11-25(9-12(15)2)20(29)31-21(3,4)5/h7-8,10,12,15,24H,6,9,11H2,1-5H3,(H2,22,27)/t12-,15-/m1/s1. The Labute approximate surface area is 180 Å². The van der Waals surface area contributed by atoms with E-state index in [0.29, 0.717) is 29.9 Å². The summed E-state index contributed by atoms with van der Waals surface area (Å²) in [7, 11) is 0. The monoisotopic (exact) mass is 431 g/mol. The SMILES string of the molecule is CCOC(=O)c1cc2c(N[C@@H]3CN(C(=O)OC(C)(C)C)C[C@H]3C)c(C(N)=O)cnn2c1. The Balaban J connectivity index is 1.90. The van der Waals surface area contributed by atoms with Crippen molar-refractivity contribution in [1.82, 2.24) is 14.5 Å². The molecule has 0 saturated carbocycles. The summed E-state index contributed by atoms with van der Waals surface area (Å²) in [6.45, 7) is 10.3. The average Bonchev–Trinajstić information content (AvgIpc) is 3.25. The topological polar surface area (TPSA) is 128 Å². The van der Waals surface area contributed by atoms with Crippen molar-refractivity contribution in [2.75, 3.05) is 25.0 Å². The summed E-state index contributed by atoms with van der Waals surface area (Å²) in [6, 6.07) is 1.45. The molecule has 2 aromatic heterocycles. The number of hydrogen-bond donors (Lipinski definition) is 2. The number of carbonyl (C=O) groups is 3. The molecule has 3 heterocycles. The highest BCUT2D eigenvalue weighted by atomic mass is 16.6. The Bertz CT molecular complexity index is 1010. The van der Waals surface area contributed by atoms with Crippen LogP contribution in [0.2, 0.25) is 0 Å². The third kappa shape index (κ3) is 4.89. The Morgan fingerprint density at radius 3 is 2.61 bits per heavy atom. The quantitative estimate of drug-likeness (QED) is 0.695. The van der Waals surface area contributed by atoms with Crippen molar-refractivity contribution in [3.63, 3.8) is 0 Å². The molecule has 0 unspecified atom stereocenters. The number of ether oxygens (including phenoxy) is 2. The van der Waals surface area contributed by atoms with Gasteiger partial charge in [-0.1, -0.05) is 6.92 Å². The first-order valence-corrected chi connectivity index (χ1v) is 10.2. The predicted octanol–water partition coefficient (Wildman–Crippen LogP) is 2.28. The van der Waals surface area contributed by atoms with Crippen LogP contribution in [0.25, 0.3) is 5.52 Å². The third-order valence-electron chi connectivity index (χ3n) is 5.01. The van der Waals surface area contributed by atoms with E-state index < -0.39 is 17.5 Å². The average molecular weight is 431 g/mol. The van der Waals surface area contributed by atoms with Crippen LogP contribution in [0.3, 0.4) is 0 Å². The molecule has 31 heavy (non-hydrogen) atoms. The van der Waals surface area contributed by atoms with Crippen molar-refractivity contribution >= 4 is 29.2 Å². The number of nitrogens with one attached hydrogen (secondary N) is 1. The summed E-state index contributed by atoms with van der Waals surface area (Å²) in [5.41, 5.74) is 6.47. The Hall–Kier alpha value is -3.30. The van der Waals surface area contributed by atoms with E-state index in [4.69, 9.17) is 15.2 Å². The van der Waals surface area contributed by atoms with Crippen molar-refractivity contribution in [1.29, 1.82) is 0 Å². The lowest BCUT2D eigenvalue weighted by Gasteiger charge is -2.24. The second-order valence-corrected chi connectivity index (χ2v) is 8.69. The van der Waals surface area contributed by atoms with E-state index in [0.717, 1.165) is 0 Å². The van der Waals surface area contributed by atoms with Crippen LogP contribution in [0.5, 0.6) is 0 Å². The van der Waals surface area contributed by atoms with Crippen LogP contribution in [0.1, 0.15) is 55.3 Å². The second-order valence-electron chi connectivity index (χ2n) is 8.69. The van der Waals surface area contributed by atoms with Crippen molar-refractivity contribution in [3.05, 3.63) is 29.6 Å². The highest BCUT2D eigenvalue weighted by Crippen LogP contribution is 2.28. The molecule has 2 amide bonds. The van der Waals surface area contributed by atoms with Gasteiger partial charge in [0, 0.05) is 25.3 Å². The van der Waals surface area contributed by atoms with Gasteiger partial charge < -0.3 is 25.4 Å². The molecule has 10 heteroatoms. The maximum atomic E-state index is 12.5. The van der Waals surface area contributed by atoms with Gasteiger partial charge in [0.15, 0.2) is 0 Å². The van der Waals surface area contributed by atoms with Gasteiger partial charge in [0.2, 0.25) is 0 Å². The minimum atomic E-state index is -0.647. The van der Waals surface area contributed by atoms with Crippen LogP contribution < -0.4 is 11.1 Å². The zero-order valence-corrected chi connectivity index (χ0v) is 18.5. The lowest BCUT2D eigenvalue weighted by Crippen LogP contribution is -2.36. The molecule has 0 bridgehead atoms. The number of nitrogens with two attached hydrogens (primary N) is 1. The number of carbonyl (C=O) groups excluding carboxylic acids is 3. The van der Waals surface area contributed by atoms with Crippen molar-refractivity contribution in [2.24, 2.45) is 11.7 Å². The lowest BCUT2D eigenvalue weighted by molar-refractivity contribution is 0.0288. The van der Waals surface area contributed by atoms with Crippen molar-refractivity contribution in [2.45, 2.75) is 46.3 Å². The number of nitrogens with zero attached hydrogens (tertiary/aromatic N) is 3. The van der Waals surface area contributed by atoms with Gasteiger partial charge in [-0.15, -0.1) is 0 Å². The molecular formula is C21H29N5O5. The first-order valence-electron chi connectivity index (χ1n) is 10.2. The summed E-state index contributed by atoms with van der Waals surface area (Å²) < 4.78 is 12.0. The van der Waals surface area contributed by atoms with E-state index in [1.165, 1.54) is 16.9 Å². The Morgan fingerprint density at radius 2 is 2.00 bits per heavy atom. The summed E-state index contributed by atoms with van der Waals surface area (Å²) in [5, 5.41) is 7.54. The number of primary amides is 1. The van der Waals surface area contributed by atoms with Crippen LogP contribution in [-0.2, 0) is 9.47 Å². The number of esters is 1. The fraction of sp³-hybridized carbons (Fsp3) is 0.524. The van der Waals surface area contributed by atoms with E-state index in [-0.39, 0.29) is 30.2 Å². The number of aromatic nitrogens is 2. The zero-order chi connectivity index (χ0) is 22.9. The van der Waals surface area contributed by atoms with Crippen LogP contribution in [-0.4, -0.2) is 63.8 Å². The first-order chi connectivity index (χ1) is 14.5. The van der Waals surface area contributed by atoms with Crippen LogP contribution in [0.4, 0.5) is 10.5 Å². The molecule has 3 N–H and O–H groups in total. The number of rotatable bonds is 5. The van der Waals surface area contributed by atoms with Crippen molar-refractivity contribution in [3.8, 4) is 0 Å². The second kappa shape index (κ2) is 8.44. The van der Waals surface area contributed by atoms with Gasteiger partial charge in [0.25, 0.3) is 5.91 Å². The van der Waals surface area contributed by atoms with Gasteiger partial charge in [0.05, 0.1) is 35.1 Å². The number of amides is 2. The molecular weight excluding hydrogens is 402 g/mol. The van der Waals surface area contributed by atoms with E-state index in [2.05, 4.69) is 10.4 Å². The molecule has 2 aromatic rings. The molecule has 0 radical (unpaired) electrons. The maximum Gasteiger partial charge on any atom is 0.410 e. The molecule has 1 fully saturated rings. The molecule has 1 aliphatic rings. The van der Waals surface area contributed by atoms with Gasteiger partial charge in [-0.2, -0.15) is 5.10 Å². The van der Waals surface area contributed by atoms with Gasteiger partial charge >= 0.3 is 12.1 Å². The summed E-state index contributed by atoms with van der Waals surface area (Å²) in [4.78, 5) is 38.3. The highest BCUT2D eigenvalue weighted by Gasteiger charge is 2.35. The molecule has 0 aliphatic carbocycles. The largest absolute Gasteiger partial charge is 0.462 e. The number of fused-ring (bicyclic) bond motifs is 1. The minimum absolute atomic E-state index is 0.0842. The van der Waals surface area contributed by atoms with E-state index in [1.54, 1.807) is 17.9 Å². The van der Waals surface area contributed by atoms with Crippen LogP contribution >= 0.6 is 0 Å². The maximum absolute atomic E-state index is 12.5. The lowest BCUT2D eigenvalue weighted by atomic mass is 10.1. The molecule has 3 rings (SSSR count). The summed E-state index contributed by atoms with van der Waals surface area (Å²) >= 11 is 0. The van der Waals surface area contributed by atoms with Gasteiger partial charge in [-0.3, -0.25) is 4.79 Å². The molecule has 0 aromatic carbocycles. The summed E-state index contributed by atoms with van der Waals surface area (Å²) in [6.07, 6.45) is 2.51. The fourth-order valence-electron chi connectivity index (χ4n) is 3.54. The summed E-state index contributed by atoms with van der Waals surface area (Å²) in [5.74, 6) is -1.04. The molecule has 10 nitrogen and oxygen atoms in total. The smallest absolute Gasteiger partial charge is 0.410 e. The third-order valence-corrected chi connectivity index (χ3v) is 5.01. The van der Waals surface area contributed by atoms with Gasteiger partial charge in [-0.25, -0.2) is 14.1 Å². The van der Waals surface area contributed by atoms with Crippen LogP contribution in [0.15, 0.2) is 18.5 Å². The zero-order valence-electron chi connectivity index (χ0n) is 18.5. The van der Waals surface area contributed by atoms with Gasteiger partial charge in [-0.05, 0) is 39.7 Å². The normalized spacial score (nSPS) is 18.8.